The van der Waals surface area contributed by atoms with E-state index in [0.29, 0.717) is 53.3 Å². The molecule has 0 bridgehead atoms. The van der Waals surface area contributed by atoms with Gasteiger partial charge in [-0.2, -0.15) is 0 Å². The number of benzene rings is 3. The highest BCUT2D eigenvalue weighted by molar-refractivity contribution is 6.03. The van der Waals surface area contributed by atoms with E-state index in [-0.39, 0.29) is 57.1 Å². The number of halogens is 1. The maximum Gasteiger partial charge on any atom is 0.410 e. The zero-order valence-electron chi connectivity index (χ0n) is 36.2. The van der Waals surface area contributed by atoms with Crippen molar-refractivity contribution in [3.63, 3.8) is 0 Å². The van der Waals surface area contributed by atoms with Gasteiger partial charge in [0.1, 0.15) is 41.0 Å². The molecule has 12 heteroatoms. The summed E-state index contributed by atoms with van der Waals surface area (Å²) in [6.45, 7) is 13.9. The Morgan fingerprint density at radius 3 is 2.42 bits per heavy atom. The maximum absolute atomic E-state index is 14.6. The number of ether oxygens (including phenoxy) is 4. The Kier molecular flexibility index (Phi) is 15.8. The molecule has 332 valence electrons. The Morgan fingerprint density at radius 1 is 0.984 bits per heavy atom. The van der Waals surface area contributed by atoms with E-state index in [1.54, 1.807) is 53.5 Å². The van der Waals surface area contributed by atoms with Gasteiger partial charge in [-0.15, -0.1) is 13.2 Å². The first-order valence-electron chi connectivity index (χ1n) is 21.7. The predicted octanol–water partition coefficient (Wildman–Crippen LogP) is 10.1. The van der Waals surface area contributed by atoms with E-state index in [1.165, 1.54) is 12.1 Å². The number of hydrogen-bond acceptors (Lipinski definition) is 10. The Hall–Kier alpha value is -5.30. The first-order valence-corrected chi connectivity index (χ1v) is 21.7. The minimum Gasteiger partial charge on any atom is -0.459 e. The molecule has 2 N–H and O–H groups in total. The molecule has 1 fully saturated rings. The van der Waals surface area contributed by atoms with Gasteiger partial charge >= 0.3 is 6.09 Å². The maximum atomic E-state index is 14.6. The van der Waals surface area contributed by atoms with Crippen LogP contribution in [0.1, 0.15) is 99.5 Å². The van der Waals surface area contributed by atoms with Crippen LogP contribution in [0.25, 0.3) is 0 Å². The van der Waals surface area contributed by atoms with Crippen molar-refractivity contribution in [3.8, 4) is 17.2 Å². The summed E-state index contributed by atoms with van der Waals surface area (Å²) in [6, 6.07) is 17.8. The van der Waals surface area contributed by atoms with Crippen molar-refractivity contribution in [2.45, 2.75) is 102 Å². The van der Waals surface area contributed by atoms with E-state index in [2.05, 4.69) is 19.2 Å². The molecule has 3 aromatic rings. The lowest BCUT2D eigenvalue weighted by molar-refractivity contribution is -0.256. The number of hydrogen-bond donors (Lipinski definition) is 2. The highest BCUT2D eigenvalue weighted by Gasteiger charge is 2.65. The quantitative estimate of drug-likeness (QED) is 0.0465. The highest BCUT2D eigenvalue weighted by atomic mass is 19.1. The van der Waals surface area contributed by atoms with Crippen molar-refractivity contribution in [2.75, 3.05) is 26.4 Å². The van der Waals surface area contributed by atoms with Gasteiger partial charge in [0.15, 0.2) is 0 Å². The van der Waals surface area contributed by atoms with Gasteiger partial charge in [0.25, 0.3) is 0 Å². The van der Waals surface area contributed by atoms with Crippen molar-refractivity contribution in [3.05, 3.63) is 126 Å². The molecule has 1 heterocycles. The lowest BCUT2D eigenvalue weighted by Gasteiger charge is -2.60. The first kappa shape index (κ1) is 46.2. The number of aliphatic hydroxyl groups excluding tert-OH is 2. The second kappa shape index (κ2) is 21.2. The number of carbonyl (C=O) groups excluding carboxylic acids is 2. The van der Waals surface area contributed by atoms with Crippen LogP contribution in [0.2, 0.25) is 0 Å². The van der Waals surface area contributed by atoms with Crippen molar-refractivity contribution in [1.82, 2.24) is 4.90 Å². The minimum absolute atomic E-state index is 0.0176. The van der Waals surface area contributed by atoms with E-state index in [4.69, 9.17) is 28.9 Å². The zero-order valence-corrected chi connectivity index (χ0v) is 36.2. The molecule has 6 rings (SSSR count). The molecule has 1 amide bonds. The molecule has 0 radical (unpaired) electrons. The summed E-state index contributed by atoms with van der Waals surface area (Å²) in [6.07, 6.45) is 10.7. The molecule has 6 atom stereocenters. The lowest BCUT2D eigenvalue weighted by atomic mass is 9.55. The average Bonchev–Trinajstić information content (AvgIpc) is 3.26. The highest BCUT2D eigenvalue weighted by Crippen LogP contribution is 2.62. The summed E-state index contributed by atoms with van der Waals surface area (Å²) in [5.41, 5.74) is 2.88. The van der Waals surface area contributed by atoms with E-state index in [0.717, 1.165) is 43.1 Å². The standard InChI is InChI=1S/C50H61FN2O9/c1-6-8-27-58-48(57)53(32-34-18-20-37(51)21-19-34)45-31-43(52-62-49(3,4)5)41-29-36(15-9-11-24-54)40(17-10-12-25-55)46-42-30-39(60-38-16-13-14-35(28-38)33-56)22-23-44(42)61-50(45,47(41)46)59-26-7-2/h6-7,13-14,16,18-23,28-30,33,36,40,45-47,54-55H,1-2,8-12,15,17,24-27,31-32H2,3-5H3. The fourth-order valence-corrected chi connectivity index (χ4v) is 9.09. The van der Waals surface area contributed by atoms with Gasteiger partial charge in [-0.25, -0.2) is 9.18 Å². The number of carbonyl (C=O) groups is 2. The smallest absolute Gasteiger partial charge is 0.410 e. The van der Waals surface area contributed by atoms with Crippen molar-refractivity contribution < 1.29 is 48.0 Å². The molecular weight excluding hydrogens is 792 g/mol. The Morgan fingerprint density at radius 2 is 1.73 bits per heavy atom. The molecule has 11 nitrogen and oxygen atoms in total. The van der Waals surface area contributed by atoms with E-state index >= 15 is 0 Å². The third-order valence-corrected chi connectivity index (χ3v) is 11.7. The topological polar surface area (TPSA) is 136 Å². The van der Waals surface area contributed by atoms with Crippen LogP contribution in [0.15, 0.2) is 109 Å². The third-order valence-electron chi connectivity index (χ3n) is 11.7. The Bertz CT molecular complexity index is 2080. The van der Waals surface area contributed by atoms with Gasteiger partial charge in [0, 0.05) is 43.2 Å². The summed E-state index contributed by atoms with van der Waals surface area (Å²) < 4.78 is 41.0. The van der Waals surface area contributed by atoms with Crippen LogP contribution in [0.3, 0.4) is 0 Å². The normalized spacial score (nSPS) is 23.2. The molecule has 1 aliphatic heterocycles. The lowest BCUT2D eigenvalue weighted by Crippen LogP contribution is -2.70. The Balaban J connectivity index is 1.62. The predicted molar refractivity (Wildman–Crippen MR) is 236 cm³/mol. The molecule has 0 aromatic heterocycles. The fourth-order valence-electron chi connectivity index (χ4n) is 9.09. The molecular formula is C50H61FN2O9. The molecule has 2 aliphatic carbocycles. The number of aliphatic hydroxyl groups is 2. The number of oxime groups is 1. The second-order valence-corrected chi connectivity index (χ2v) is 17.2. The molecule has 0 saturated heterocycles. The van der Waals surface area contributed by atoms with Crippen LogP contribution in [0.4, 0.5) is 9.18 Å². The number of aldehydes is 1. The number of fused-ring (bicyclic) bond motifs is 2. The molecule has 3 aromatic carbocycles. The van der Waals surface area contributed by atoms with Crippen molar-refractivity contribution >= 4 is 18.1 Å². The first-order chi connectivity index (χ1) is 29.9. The Labute approximate surface area is 364 Å². The number of rotatable bonds is 21. The number of unbranched alkanes of at least 4 members (excludes halogenated alkanes) is 2. The largest absolute Gasteiger partial charge is 0.459 e. The van der Waals surface area contributed by atoms with E-state index in [1.807, 2.05) is 39.0 Å². The van der Waals surface area contributed by atoms with E-state index in [9.17, 15) is 24.2 Å². The number of amides is 1. The van der Waals surface area contributed by atoms with Crippen LogP contribution >= 0.6 is 0 Å². The van der Waals surface area contributed by atoms with Gasteiger partial charge in [0.2, 0.25) is 5.79 Å². The van der Waals surface area contributed by atoms with E-state index < -0.39 is 35.3 Å². The fraction of sp³-hybridized carbons (Fsp3) is 0.460. The van der Waals surface area contributed by atoms with Crippen LogP contribution in [-0.4, -0.2) is 77.1 Å². The minimum atomic E-state index is -1.54. The summed E-state index contributed by atoms with van der Waals surface area (Å²) in [7, 11) is 0. The molecule has 1 saturated carbocycles. The van der Waals surface area contributed by atoms with Crippen molar-refractivity contribution in [2.24, 2.45) is 22.9 Å². The molecule has 62 heavy (non-hydrogen) atoms. The molecule has 0 spiro atoms. The van der Waals surface area contributed by atoms with Gasteiger partial charge in [-0.3, -0.25) is 9.69 Å². The monoisotopic (exact) mass is 852 g/mol. The average molecular weight is 853 g/mol. The SMILES string of the molecule is C=CCCOC(=O)N(Cc1ccc(F)cc1)C1CC(=NOC(C)(C)C)C2=CC(CCCCO)C(CCCCO)C3c4cc(Oc5cccc(C=O)c5)ccc4OC1(OCC=C)C23. The van der Waals surface area contributed by atoms with Gasteiger partial charge in [0.05, 0.1) is 24.8 Å². The molecule has 3 aliphatic rings. The molecule has 6 unspecified atom stereocenters. The second-order valence-electron chi connectivity index (χ2n) is 17.2. The van der Waals surface area contributed by atoms with Crippen LogP contribution in [0, 0.1) is 23.6 Å². The van der Waals surface area contributed by atoms with Gasteiger partial charge in [-0.1, -0.05) is 60.5 Å². The number of allylic oxidation sites excluding steroid dienone is 1. The van der Waals surface area contributed by atoms with Crippen LogP contribution < -0.4 is 9.47 Å². The van der Waals surface area contributed by atoms with Crippen molar-refractivity contribution in [1.29, 1.82) is 0 Å². The van der Waals surface area contributed by atoms with Gasteiger partial charge in [-0.05, 0) is 118 Å². The zero-order chi connectivity index (χ0) is 44.3. The summed E-state index contributed by atoms with van der Waals surface area (Å²) in [5.74, 6) is -1.25. The van der Waals surface area contributed by atoms with Crippen LogP contribution in [-0.2, 0) is 20.9 Å². The summed E-state index contributed by atoms with van der Waals surface area (Å²) >= 11 is 0. The summed E-state index contributed by atoms with van der Waals surface area (Å²) in [5, 5.41) is 24.8. The van der Waals surface area contributed by atoms with Gasteiger partial charge < -0.3 is 34.0 Å². The third kappa shape index (κ3) is 10.8. The summed E-state index contributed by atoms with van der Waals surface area (Å²) in [4.78, 5) is 34.1. The van der Waals surface area contributed by atoms with Crippen LogP contribution in [0.5, 0.6) is 17.2 Å². The number of nitrogens with zero attached hydrogens (tertiary/aromatic N) is 2.